The Kier molecular flexibility index (Phi) is 3.97. The zero-order chi connectivity index (χ0) is 15.5. The van der Waals surface area contributed by atoms with Crippen LogP contribution in [0.2, 0.25) is 0 Å². The molecular weight excluding hydrogens is 285 g/mol. The summed E-state index contributed by atoms with van der Waals surface area (Å²) in [6.07, 6.45) is -3.36. The minimum atomic E-state index is -4.52. The molecule has 0 fully saturated rings. The van der Waals surface area contributed by atoms with Gasteiger partial charge >= 0.3 is 11.8 Å². The molecule has 0 saturated carbocycles. The molecule has 0 bridgehead atoms. The SMILES string of the molecule is C=CC(=O)NCCNc1ccc(C2(C(F)(F)F)N=N2)cc1. The van der Waals surface area contributed by atoms with Gasteiger partial charge in [0.2, 0.25) is 5.91 Å². The van der Waals surface area contributed by atoms with Gasteiger partial charge in [-0.1, -0.05) is 18.7 Å². The van der Waals surface area contributed by atoms with E-state index in [0.29, 0.717) is 18.8 Å². The number of nitrogens with one attached hydrogen (secondary N) is 2. The van der Waals surface area contributed by atoms with Crippen LogP contribution in [-0.2, 0) is 10.5 Å². The third-order valence-corrected chi connectivity index (χ3v) is 2.92. The Morgan fingerprint density at radius 3 is 2.33 bits per heavy atom. The van der Waals surface area contributed by atoms with E-state index in [1.165, 1.54) is 24.3 Å². The summed E-state index contributed by atoms with van der Waals surface area (Å²) in [7, 11) is 0. The number of nitrogens with zero attached hydrogens (tertiary/aromatic N) is 2. The maximum Gasteiger partial charge on any atom is 0.442 e. The first-order valence-electron chi connectivity index (χ1n) is 6.14. The Balaban J connectivity index is 1.89. The van der Waals surface area contributed by atoms with Crippen LogP contribution in [0.5, 0.6) is 0 Å². The summed E-state index contributed by atoms with van der Waals surface area (Å²) in [5, 5.41) is 11.8. The van der Waals surface area contributed by atoms with Crippen LogP contribution in [0.4, 0.5) is 18.9 Å². The van der Waals surface area contributed by atoms with Gasteiger partial charge in [-0.25, -0.2) is 0 Å². The number of carbonyl (C=O) groups excluding carboxylic acids is 1. The van der Waals surface area contributed by atoms with Crippen LogP contribution in [0.1, 0.15) is 5.56 Å². The molecule has 1 aromatic rings. The second-order valence-electron chi connectivity index (χ2n) is 4.37. The molecule has 1 aliphatic heterocycles. The van der Waals surface area contributed by atoms with Gasteiger partial charge in [0.05, 0.1) is 0 Å². The zero-order valence-electron chi connectivity index (χ0n) is 10.9. The lowest BCUT2D eigenvalue weighted by Crippen LogP contribution is -2.30. The van der Waals surface area contributed by atoms with E-state index in [2.05, 4.69) is 27.4 Å². The molecule has 2 rings (SSSR count). The molecule has 0 aliphatic carbocycles. The Morgan fingerprint density at radius 2 is 1.86 bits per heavy atom. The van der Waals surface area contributed by atoms with Gasteiger partial charge in [-0.3, -0.25) is 4.79 Å². The van der Waals surface area contributed by atoms with Gasteiger partial charge in [0, 0.05) is 24.3 Å². The van der Waals surface area contributed by atoms with Crippen molar-refractivity contribution in [3.05, 3.63) is 42.5 Å². The fourth-order valence-electron chi connectivity index (χ4n) is 1.73. The number of alkyl halides is 3. The molecule has 1 aromatic carbocycles. The minimum Gasteiger partial charge on any atom is -0.383 e. The molecule has 1 aliphatic rings. The van der Waals surface area contributed by atoms with Crippen LogP contribution >= 0.6 is 0 Å². The number of halogens is 3. The van der Waals surface area contributed by atoms with Crippen LogP contribution < -0.4 is 10.6 Å². The molecule has 1 heterocycles. The third kappa shape index (κ3) is 3.21. The van der Waals surface area contributed by atoms with Gasteiger partial charge < -0.3 is 10.6 Å². The van der Waals surface area contributed by atoms with E-state index in [0.717, 1.165) is 6.08 Å². The summed E-state index contributed by atoms with van der Waals surface area (Å²) in [5.41, 5.74) is -1.76. The maximum atomic E-state index is 12.8. The predicted octanol–water partition coefficient (Wildman–Crippen LogP) is 2.58. The van der Waals surface area contributed by atoms with E-state index in [1.807, 2.05) is 0 Å². The number of anilines is 1. The van der Waals surface area contributed by atoms with Gasteiger partial charge in [0.15, 0.2) is 0 Å². The molecule has 21 heavy (non-hydrogen) atoms. The van der Waals surface area contributed by atoms with Gasteiger partial charge in [0.25, 0.3) is 0 Å². The molecule has 2 N–H and O–H groups in total. The van der Waals surface area contributed by atoms with Crippen LogP contribution in [-0.4, -0.2) is 25.2 Å². The first-order chi connectivity index (χ1) is 9.89. The lowest BCUT2D eigenvalue weighted by atomic mass is 10.0. The number of benzene rings is 1. The number of hydrogen-bond donors (Lipinski definition) is 2. The highest BCUT2D eigenvalue weighted by Gasteiger charge is 2.65. The summed E-state index contributed by atoms with van der Waals surface area (Å²) in [5.74, 6) is -0.281. The van der Waals surface area contributed by atoms with Crippen molar-refractivity contribution in [2.24, 2.45) is 10.2 Å². The lowest BCUT2D eigenvalue weighted by molar-refractivity contribution is -0.166. The Hall–Kier alpha value is -2.38. The highest BCUT2D eigenvalue weighted by atomic mass is 19.4. The average Bonchev–Trinajstić information content (AvgIpc) is 3.25. The summed E-state index contributed by atoms with van der Waals surface area (Å²) < 4.78 is 38.4. The molecule has 0 radical (unpaired) electrons. The first-order valence-corrected chi connectivity index (χ1v) is 6.14. The first kappa shape index (κ1) is 15.0. The van der Waals surface area contributed by atoms with Gasteiger partial charge in [-0.05, 0) is 18.2 Å². The van der Waals surface area contributed by atoms with Crippen LogP contribution in [0.25, 0.3) is 0 Å². The second kappa shape index (κ2) is 5.55. The number of carbonyl (C=O) groups is 1. The Labute approximate surface area is 118 Å². The van der Waals surface area contributed by atoms with Crippen LogP contribution in [0.15, 0.2) is 47.1 Å². The number of hydrogen-bond acceptors (Lipinski definition) is 4. The highest BCUT2D eigenvalue weighted by molar-refractivity contribution is 5.86. The van der Waals surface area contributed by atoms with E-state index < -0.39 is 11.8 Å². The predicted molar refractivity (Wildman–Crippen MR) is 70.7 cm³/mol. The van der Waals surface area contributed by atoms with Crippen molar-refractivity contribution in [2.45, 2.75) is 11.8 Å². The summed E-state index contributed by atoms with van der Waals surface area (Å²) in [4.78, 5) is 10.9. The van der Waals surface area contributed by atoms with Crippen LogP contribution in [0, 0.1) is 0 Å². The van der Waals surface area contributed by atoms with Gasteiger partial charge in [-0.2, -0.15) is 13.2 Å². The Morgan fingerprint density at radius 1 is 1.24 bits per heavy atom. The molecule has 1 amide bonds. The smallest absolute Gasteiger partial charge is 0.383 e. The van der Waals surface area contributed by atoms with E-state index >= 15 is 0 Å². The van der Waals surface area contributed by atoms with E-state index in [-0.39, 0.29) is 11.5 Å². The standard InChI is InChI=1S/C13H13F3N4O/c1-2-11(21)18-8-7-17-10-5-3-9(4-6-10)12(19-20-12)13(14,15)16/h2-6,17H,1,7-8H2,(H,18,21). The second-order valence-corrected chi connectivity index (χ2v) is 4.37. The van der Waals surface area contributed by atoms with E-state index in [1.54, 1.807) is 0 Å². The van der Waals surface area contributed by atoms with Crippen molar-refractivity contribution < 1.29 is 18.0 Å². The molecule has 8 heteroatoms. The summed E-state index contributed by atoms with van der Waals surface area (Å²) in [6.45, 7) is 4.14. The fourth-order valence-corrected chi connectivity index (χ4v) is 1.73. The van der Waals surface area contributed by atoms with Crippen molar-refractivity contribution >= 4 is 11.6 Å². The molecule has 0 atom stereocenters. The average molecular weight is 298 g/mol. The monoisotopic (exact) mass is 298 g/mol. The molecular formula is C13H13F3N4O. The molecule has 0 unspecified atom stereocenters. The Bertz CT molecular complexity index is 560. The molecule has 0 spiro atoms. The lowest BCUT2D eigenvalue weighted by Gasteiger charge is -2.15. The van der Waals surface area contributed by atoms with Gasteiger partial charge in [-0.15, -0.1) is 10.2 Å². The van der Waals surface area contributed by atoms with E-state index in [4.69, 9.17) is 0 Å². The normalized spacial score (nSPS) is 15.4. The summed E-state index contributed by atoms with van der Waals surface area (Å²) in [6, 6.07) is 5.69. The molecule has 112 valence electrons. The fraction of sp³-hybridized carbons (Fsp3) is 0.308. The quantitative estimate of drug-likeness (QED) is 0.626. The van der Waals surface area contributed by atoms with Gasteiger partial charge in [0.1, 0.15) is 0 Å². The largest absolute Gasteiger partial charge is 0.442 e. The van der Waals surface area contributed by atoms with Crippen LogP contribution in [0.3, 0.4) is 0 Å². The van der Waals surface area contributed by atoms with E-state index in [9.17, 15) is 18.0 Å². The topological polar surface area (TPSA) is 65.8 Å². The number of amides is 1. The number of rotatable bonds is 6. The summed E-state index contributed by atoms with van der Waals surface area (Å²) >= 11 is 0. The van der Waals surface area contributed by atoms with Crippen molar-refractivity contribution in [3.8, 4) is 0 Å². The molecule has 0 saturated heterocycles. The highest BCUT2D eigenvalue weighted by Crippen LogP contribution is 2.52. The van der Waals surface area contributed by atoms with Crippen molar-refractivity contribution in [1.29, 1.82) is 0 Å². The van der Waals surface area contributed by atoms with Crippen molar-refractivity contribution in [3.63, 3.8) is 0 Å². The molecule has 5 nitrogen and oxygen atoms in total. The van der Waals surface area contributed by atoms with Crippen molar-refractivity contribution in [2.75, 3.05) is 18.4 Å². The van der Waals surface area contributed by atoms with Crippen molar-refractivity contribution in [1.82, 2.24) is 5.32 Å². The maximum absolute atomic E-state index is 12.8. The molecule has 0 aromatic heterocycles. The zero-order valence-corrected chi connectivity index (χ0v) is 10.9. The minimum absolute atomic E-state index is 0.0134. The third-order valence-electron chi connectivity index (χ3n) is 2.92.